The molecule has 33 heavy (non-hydrogen) atoms. The summed E-state index contributed by atoms with van der Waals surface area (Å²) in [5.74, 6) is 0.956. The number of benzene rings is 1. The normalized spacial score (nSPS) is 13.0. The van der Waals surface area contributed by atoms with Crippen molar-refractivity contribution in [3.8, 4) is 22.6 Å². The lowest BCUT2D eigenvalue weighted by molar-refractivity contribution is -0.121. The number of hydrogen-bond acceptors (Lipinski definition) is 8. The third-order valence-electron chi connectivity index (χ3n) is 5.06. The van der Waals surface area contributed by atoms with E-state index in [0.717, 1.165) is 16.7 Å². The van der Waals surface area contributed by atoms with Gasteiger partial charge in [0.1, 0.15) is 6.54 Å². The largest absolute Gasteiger partial charge is 0.368 e. The summed E-state index contributed by atoms with van der Waals surface area (Å²) in [5, 5.41) is 10.8. The number of amides is 1. The molecule has 0 saturated heterocycles. The van der Waals surface area contributed by atoms with E-state index in [9.17, 15) is 4.79 Å². The van der Waals surface area contributed by atoms with E-state index in [1.807, 2.05) is 31.2 Å². The molecule has 1 unspecified atom stereocenters. The molecule has 0 spiro atoms. The average Bonchev–Trinajstić information content (AvgIpc) is 3.52. The van der Waals surface area contributed by atoms with Crippen LogP contribution in [0, 0.1) is 0 Å². The van der Waals surface area contributed by atoms with Crippen LogP contribution in [0.5, 0.6) is 0 Å². The fourth-order valence-corrected chi connectivity index (χ4v) is 2.92. The Kier molecular flexibility index (Phi) is 6.72. The Bertz CT molecular complexity index is 1190. The highest BCUT2D eigenvalue weighted by Gasteiger charge is 2.18. The van der Waals surface area contributed by atoms with E-state index in [2.05, 4.69) is 30.5 Å². The molecule has 10 nitrogen and oxygen atoms in total. The Morgan fingerprint density at radius 3 is 2.42 bits per heavy atom. The molecule has 5 rings (SSSR count). The molecule has 3 heterocycles. The lowest BCUT2D eigenvalue weighted by Gasteiger charge is -2.08. The van der Waals surface area contributed by atoms with Crippen molar-refractivity contribution in [1.29, 1.82) is 0 Å². The molecule has 1 amide bonds. The van der Waals surface area contributed by atoms with Gasteiger partial charge in [-0.3, -0.25) is 9.48 Å². The number of likely N-dealkylation sites (N-methyl/N-ethyl adjacent to an activating group) is 1. The summed E-state index contributed by atoms with van der Waals surface area (Å²) in [6.07, 6.45) is 11.2. The van der Waals surface area contributed by atoms with Gasteiger partial charge in [0, 0.05) is 37.1 Å². The molecular formula is C23H26N8O2. The van der Waals surface area contributed by atoms with Crippen molar-refractivity contribution >= 4 is 11.9 Å². The lowest BCUT2D eigenvalue weighted by atomic mass is 9.98. The van der Waals surface area contributed by atoms with Crippen molar-refractivity contribution in [2.75, 3.05) is 12.8 Å². The SMILES string of the molecule is C1CC1.CNC(=O)Cn1cc(-c2nc(C(C)c3ccc(-c4cnc(N)nc4)cc3)no2)cn1. The van der Waals surface area contributed by atoms with Crippen molar-refractivity contribution in [2.24, 2.45) is 0 Å². The van der Waals surface area contributed by atoms with Crippen LogP contribution in [0.1, 0.15) is 43.5 Å². The minimum atomic E-state index is -0.140. The maximum absolute atomic E-state index is 11.5. The Hall–Kier alpha value is -4.08. The molecule has 1 saturated carbocycles. The maximum atomic E-state index is 11.5. The Morgan fingerprint density at radius 1 is 1.09 bits per heavy atom. The molecule has 4 aromatic rings. The minimum absolute atomic E-state index is 0.0693. The minimum Gasteiger partial charge on any atom is -0.368 e. The van der Waals surface area contributed by atoms with Gasteiger partial charge in [0.05, 0.1) is 11.8 Å². The first kappa shape index (κ1) is 22.1. The number of rotatable bonds is 6. The summed E-state index contributed by atoms with van der Waals surface area (Å²) < 4.78 is 6.91. The monoisotopic (exact) mass is 446 g/mol. The molecule has 0 aliphatic heterocycles. The van der Waals surface area contributed by atoms with Crippen LogP contribution in [-0.4, -0.2) is 42.8 Å². The van der Waals surface area contributed by atoms with Crippen LogP contribution in [0.2, 0.25) is 0 Å². The van der Waals surface area contributed by atoms with Gasteiger partial charge in [0.25, 0.3) is 5.89 Å². The molecule has 1 aliphatic carbocycles. The smallest absolute Gasteiger partial charge is 0.261 e. The summed E-state index contributed by atoms with van der Waals surface area (Å²) in [6, 6.07) is 8.00. The molecule has 0 radical (unpaired) electrons. The zero-order valence-electron chi connectivity index (χ0n) is 18.6. The zero-order valence-corrected chi connectivity index (χ0v) is 18.6. The van der Waals surface area contributed by atoms with Gasteiger partial charge < -0.3 is 15.6 Å². The maximum Gasteiger partial charge on any atom is 0.261 e. The summed E-state index contributed by atoms with van der Waals surface area (Å²) >= 11 is 0. The second-order valence-corrected chi connectivity index (χ2v) is 7.79. The number of hydrogen-bond donors (Lipinski definition) is 2. The predicted octanol–water partition coefficient (Wildman–Crippen LogP) is 3.04. The molecule has 10 heteroatoms. The molecule has 170 valence electrons. The molecule has 1 atom stereocenters. The van der Waals surface area contributed by atoms with E-state index in [-0.39, 0.29) is 24.3 Å². The number of carbonyl (C=O) groups excluding carboxylic acids is 1. The molecule has 1 aromatic carbocycles. The summed E-state index contributed by atoms with van der Waals surface area (Å²) in [5.41, 5.74) is 9.11. The number of nitrogen functional groups attached to an aromatic ring is 1. The van der Waals surface area contributed by atoms with Crippen molar-refractivity contribution in [2.45, 2.75) is 38.6 Å². The van der Waals surface area contributed by atoms with E-state index in [1.54, 1.807) is 31.8 Å². The molecule has 1 aliphatic rings. The van der Waals surface area contributed by atoms with Crippen molar-refractivity contribution < 1.29 is 9.32 Å². The van der Waals surface area contributed by atoms with Crippen LogP contribution in [0.4, 0.5) is 5.95 Å². The highest BCUT2D eigenvalue weighted by atomic mass is 16.5. The van der Waals surface area contributed by atoms with E-state index in [4.69, 9.17) is 10.3 Å². The van der Waals surface area contributed by atoms with E-state index in [0.29, 0.717) is 17.3 Å². The first-order chi connectivity index (χ1) is 16.0. The molecule has 3 N–H and O–H groups in total. The second-order valence-electron chi connectivity index (χ2n) is 7.79. The first-order valence-corrected chi connectivity index (χ1v) is 10.8. The third-order valence-corrected chi connectivity index (χ3v) is 5.06. The Balaban J connectivity index is 0.000000799. The van der Waals surface area contributed by atoms with Crippen LogP contribution >= 0.6 is 0 Å². The van der Waals surface area contributed by atoms with Gasteiger partial charge in [-0.05, 0) is 11.1 Å². The Labute approximate surface area is 191 Å². The van der Waals surface area contributed by atoms with Gasteiger partial charge in [0.15, 0.2) is 5.82 Å². The quantitative estimate of drug-likeness (QED) is 0.461. The van der Waals surface area contributed by atoms with Gasteiger partial charge in [-0.25, -0.2) is 9.97 Å². The van der Waals surface area contributed by atoms with Gasteiger partial charge in [-0.1, -0.05) is 55.6 Å². The average molecular weight is 447 g/mol. The van der Waals surface area contributed by atoms with Crippen LogP contribution in [0.3, 0.4) is 0 Å². The van der Waals surface area contributed by atoms with Gasteiger partial charge in [-0.15, -0.1) is 0 Å². The second kappa shape index (κ2) is 10.0. The first-order valence-electron chi connectivity index (χ1n) is 10.8. The van der Waals surface area contributed by atoms with Gasteiger partial charge in [-0.2, -0.15) is 10.1 Å². The zero-order chi connectivity index (χ0) is 23.2. The molecular weight excluding hydrogens is 420 g/mol. The van der Waals surface area contributed by atoms with Gasteiger partial charge in [0.2, 0.25) is 11.9 Å². The highest BCUT2D eigenvalue weighted by Crippen LogP contribution is 2.27. The summed E-state index contributed by atoms with van der Waals surface area (Å²) in [4.78, 5) is 24.0. The highest BCUT2D eigenvalue weighted by molar-refractivity contribution is 5.75. The molecule has 0 bridgehead atoms. The Morgan fingerprint density at radius 2 is 1.79 bits per heavy atom. The standard InChI is InChI=1S/C20H20N8O2.C3H6/c1-12(13-3-5-14(6-4-13)15-7-23-20(21)24-8-15)18-26-19(30-27-18)16-9-25-28(10-16)11-17(29)22-2;1-2-3-1/h3-10,12H,11H2,1-2H3,(H,22,29)(H2,21,23,24);1-3H2. The fourth-order valence-electron chi connectivity index (χ4n) is 2.92. The van der Waals surface area contributed by atoms with Crippen LogP contribution in [0.25, 0.3) is 22.6 Å². The number of nitrogens with zero attached hydrogens (tertiary/aromatic N) is 6. The van der Waals surface area contributed by atoms with E-state index < -0.39 is 0 Å². The number of nitrogens with two attached hydrogens (primary N) is 1. The molecule has 3 aromatic heterocycles. The third kappa shape index (κ3) is 5.79. The fraction of sp³-hybridized carbons (Fsp3) is 0.304. The van der Waals surface area contributed by atoms with Crippen molar-refractivity contribution in [1.82, 2.24) is 35.2 Å². The number of anilines is 1. The molecule has 1 fully saturated rings. The number of nitrogens with one attached hydrogen (secondary N) is 1. The van der Waals surface area contributed by atoms with Crippen molar-refractivity contribution in [3.63, 3.8) is 0 Å². The number of carbonyl (C=O) groups is 1. The van der Waals surface area contributed by atoms with Crippen LogP contribution in [-0.2, 0) is 11.3 Å². The summed E-state index contributed by atoms with van der Waals surface area (Å²) in [7, 11) is 1.58. The predicted molar refractivity (Wildman–Crippen MR) is 123 cm³/mol. The summed E-state index contributed by atoms with van der Waals surface area (Å²) in [6.45, 7) is 2.13. The van der Waals surface area contributed by atoms with Crippen LogP contribution in [0.15, 0.2) is 53.6 Å². The van der Waals surface area contributed by atoms with Gasteiger partial charge >= 0.3 is 0 Å². The topological polar surface area (TPSA) is 138 Å². The lowest BCUT2D eigenvalue weighted by Crippen LogP contribution is -2.23. The van der Waals surface area contributed by atoms with Crippen LogP contribution < -0.4 is 11.1 Å². The van der Waals surface area contributed by atoms with E-state index in [1.165, 1.54) is 23.9 Å². The van der Waals surface area contributed by atoms with Crippen molar-refractivity contribution in [3.05, 3.63) is 60.4 Å². The number of aromatic nitrogens is 6. The van der Waals surface area contributed by atoms with E-state index >= 15 is 0 Å².